The molecule has 33 heavy (non-hydrogen) atoms. The smallest absolute Gasteiger partial charge is 0.255 e. The van der Waals surface area contributed by atoms with E-state index in [0.29, 0.717) is 37.8 Å². The van der Waals surface area contributed by atoms with Crippen LogP contribution < -0.4 is 10.2 Å². The summed E-state index contributed by atoms with van der Waals surface area (Å²) in [6, 6.07) is 9.45. The molecule has 2 amide bonds. The van der Waals surface area contributed by atoms with Crippen molar-refractivity contribution in [1.82, 2.24) is 20.3 Å². The Balaban J connectivity index is 1.27. The zero-order valence-electron chi connectivity index (χ0n) is 18.3. The minimum absolute atomic E-state index is 0.0769. The highest BCUT2D eigenvalue weighted by atomic mass is 32.2. The molecule has 174 valence electrons. The van der Waals surface area contributed by atoms with Crippen molar-refractivity contribution in [3.63, 3.8) is 0 Å². The van der Waals surface area contributed by atoms with Crippen molar-refractivity contribution in [2.24, 2.45) is 0 Å². The van der Waals surface area contributed by atoms with Crippen LogP contribution in [-0.2, 0) is 4.79 Å². The fourth-order valence-corrected chi connectivity index (χ4v) is 5.81. The van der Waals surface area contributed by atoms with Crippen molar-refractivity contribution in [2.45, 2.75) is 23.1 Å². The highest BCUT2D eigenvalue weighted by Crippen LogP contribution is 2.29. The first-order valence-corrected chi connectivity index (χ1v) is 13.3. The number of aromatic nitrogens is 3. The molecule has 1 aliphatic rings. The van der Waals surface area contributed by atoms with E-state index in [1.807, 2.05) is 29.2 Å². The maximum Gasteiger partial charge on any atom is 0.255 e. The molecule has 1 aliphatic heterocycles. The SMILES string of the molecule is CCSc1ccccc1C(=O)N1CCN(c2nnc(SCC(=O)Nc3cc(C)on3)s2)CC1. The van der Waals surface area contributed by atoms with Crippen LogP contribution in [0.3, 0.4) is 0 Å². The van der Waals surface area contributed by atoms with Gasteiger partial charge in [0.25, 0.3) is 5.91 Å². The van der Waals surface area contributed by atoms with Gasteiger partial charge in [0.15, 0.2) is 10.2 Å². The van der Waals surface area contributed by atoms with Gasteiger partial charge < -0.3 is 19.6 Å². The molecule has 1 fully saturated rings. The van der Waals surface area contributed by atoms with Crippen LogP contribution in [0.15, 0.2) is 44.1 Å². The van der Waals surface area contributed by atoms with E-state index in [0.717, 1.165) is 25.7 Å². The Morgan fingerprint density at radius 2 is 1.94 bits per heavy atom. The largest absolute Gasteiger partial charge is 0.360 e. The Kier molecular flexibility index (Phi) is 7.89. The van der Waals surface area contributed by atoms with Crippen molar-refractivity contribution >= 4 is 57.6 Å². The summed E-state index contributed by atoms with van der Waals surface area (Å²) in [7, 11) is 0. The normalized spacial score (nSPS) is 13.9. The van der Waals surface area contributed by atoms with E-state index >= 15 is 0 Å². The Bertz CT molecular complexity index is 1110. The summed E-state index contributed by atoms with van der Waals surface area (Å²) in [6.07, 6.45) is 0. The molecule has 0 aliphatic carbocycles. The zero-order valence-corrected chi connectivity index (χ0v) is 20.8. The molecule has 4 rings (SSSR count). The van der Waals surface area contributed by atoms with Crippen molar-refractivity contribution < 1.29 is 14.1 Å². The van der Waals surface area contributed by atoms with Gasteiger partial charge >= 0.3 is 0 Å². The number of hydrogen-bond donors (Lipinski definition) is 1. The van der Waals surface area contributed by atoms with Crippen LogP contribution in [-0.4, -0.2) is 69.8 Å². The van der Waals surface area contributed by atoms with Crippen LogP contribution in [0.5, 0.6) is 0 Å². The molecule has 0 spiro atoms. The Morgan fingerprint density at radius 3 is 2.67 bits per heavy atom. The lowest BCUT2D eigenvalue weighted by atomic mass is 10.2. The number of rotatable bonds is 8. The molecule has 1 N–H and O–H groups in total. The number of aryl methyl sites for hydroxylation is 1. The van der Waals surface area contributed by atoms with Crippen LogP contribution in [0.4, 0.5) is 10.9 Å². The van der Waals surface area contributed by atoms with Crippen LogP contribution in [0.2, 0.25) is 0 Å². The molecule has 0 radical (unpaired) electrons. The number of piperazine rings is 1. The number of hydrogen-bond acceptors (Lipinski definition) is 10. The summed E-state index contributed by atoms with van der Waals surface area (Å²) in [6.45, 7) is 6.50. The second-order valence-corrected chi connectivity index (χ2v) is 10.7. The van der Waals surface area contributed by atoms with Gasteiger partial charge in [0.05, 0.1) is 11.3 Å². The summed E-state index contributed by atoms with van der Waals surface area (Å²) in [4.78, 5) is 30.2. The van der Waals surface area contributed by atoms with Gasteiger partial charge in [-0.1, -0.05) is 47.3 Å². The average Bonchev–Trinajstić information content (AvgIpc) is 3.47. The van der Waals surface area contributed by atoms with Gasteiger partial charge in [-0.05, 0) is 24.8 Å². The van der Waals surface area contributed by atoms with Crippen molar-refractivity contribution in [1.29, 1.82) is 0 Å². The molecule has 9 nitrogen and oxygen atoms in total. The fraction of sp³-hybridized carbons (Fsp3) is 0.381. The molecule has 0 bridgehead atoms. The number of amides is 2. The van der Waals surface area contributed by atoms with E-state index < -0.39 is 0 Å². The molecule has 0 saturated carbocycles. The lowest BCUT2D eigenvalue weighted by Crippen LogP contribution is -2.48. The van der Waals surface area contributed by atoms with Crippen molar-refractivity contribution in [3.8, 4) is 0 Å². The Labute approximate surface area is 204 Å². The molecule has 0 atom stereocenters. The Morgan fingerprint density at radius 1 is 1.15 bits per heavy atom. The predicted octanol–water partition coefficient (Wildman–Crippen LogP) is 3.64. The van der Waals surface area contributed by atoms with Crippen LogP contribution in [0.1, 0.15) is 23.0 Å². The first-order valence-electron chi connectivity index (χ1n) is 10.5. The third-order valence-corrected chi connectivity index (χ3v) is 7.95. The molecular weight excluding hydrogens is 480 g/mol. The van der Waals surface area contributed by atoms with E-state index in [1.54, 1.807) is 24.8 Å². The third kappa shape index (κ3) is 6.06. The van der Waals surface area contributed by atoms with Gasteiger partial charge in [0.2, 0.25) is 11.0 Å². The molecule has 3 heterocycles. The van der Waals surface area contributed by atoms with E-state index in [2.05, 4.69) is 32.5 Å². The number of anilines is 2. The summed E-state index contributed by atoms with van der Waals surface area (Å²) >= 11 is 4.47. The lowest BCUT2D eigenvalue weighted by Gasteiger charge is -2.34. The minimum Gasteiger partial charge on any atom is -0.360 e. The van der Waals surface area contributed by atoms with Crippen LogP contribution >= 0.6 is 34.9 Å². The number of carbonyl (C=O) groups is 2. The first kappa shape index (κ1) is 23.6. The van der Waals surface area contributed by atoms with Crippen LogP contribution in [0, 0.1) is 6.92 Å². The van der Waals surface area contributed by atoms with Crippen molar-refractivity contribution in [2.75, 3.05) is 47.9 Å². The van der Waals surface area contributed by atoms with Crippen LogP contribution in [0.25, 0.3) is 0 Å². The Hall–Kier alpha value is -2.57. The molecule has 0 unspecified atom stereocenters. The summed E-state index contributed by atoms with van der Waals surface area (Å²) in [5.41, 5.74) is 0.770. The third-order valence-electron chi connectivity index (χ3n) is 4.87. The summed E-state index contributed by atoms with van der Waals surface area (Å²) < 4.78 is 5.66. The molecule has 3 aromatic rings. The number of nitrogens with zero attached hydrogens (tertiary/aromatic N) is 5. The lowest BCUT2D eigenvalue weighted by molar-refractivity contribution is -0.113. The van der Waals surface area contributed by atoms with E-state index in [4.69, 9.17) is 4.52 Å². The highest BCUT2D eigenvalue weighted by Gasteiger charge is 2.25. The fourth-order valence-electron chi connectivity index (χ4n) is 3.32. The van der Waals surface area contributed by atoms with E-state index in [9.17, 15) is 9.59 Å². The molecule has 12 heteroatoms. The standard InChI is InChI=1S/C21H24N6O3S3/c1-3-31-16-7-5-4-6-15(16)19(29)26-8-10-27(11-9-26)20-23-24-21(33-20)32-13-18(28)22-17-12-14(2)30-25-17/h4-7,12H,3,8-11,13H2,1-2H3,(H,22,25,28). The summed E-state index contributed by atoms with van der Waals surface area (Å²) in [5, 5.41) is 15.7. The monoisotopic (exact) mass is 504 g/mol. The summed E-state index contributed by atoms with van der Waals surface area (Å²) in [5.74, 6) is 2.07. The molecular formula is C21H24N6O3S3. The van der Waals surface area contributed by atoms with Gasteiger partial charge in [-0.25, -0.2) is 0 Å². The van der Waals surface area contributed by atoms with Gasteiger partial charge in [-0.3, -0.25) is 9.59 Å². The minimum atomic E-state index is -0.182. The van der Waals surface area contributed by atoms with E-state index in [1.165, 1.54) is 23.1 Å². The van der Waals surface area contributed by atoms with E-state index in [-0.39, 0.29) is 17.6 Å². The number of thioether (sulfide) groups is 2. The predicted molar refractivity (Wildman–Crippen MR) is 131 cm³/mol. The zero-order chi connectivity index (χ0) is 23.2. The topological polar surface area (TPSA) is 104 Å². The number of nitrogens with one attached hydrogen (secondary N) is 1. The number of benzene rings is 1. The van der Waals surface area contributed by atoms with Gasteiger partial charge in [-0.2, -0.15) is 0 Å². The molecule has 1 aromatic carbocycles. The molecule has 1 saturated heterocycles. The van der Waals surface area contributed by atoms with Gasteiger partial charge in [0.1, 0.15) is 5.76 Å². The number of carbonyl (C=O) groups excluding carboxylic acids is 2. The maximum absolute atomic E-state index is 13.0. The van der Waals surface area contributed by atoms with Crippen molar-refractivity contribution in [3.05, 3.63) is 41.7 Å². The second-order valence-electron chi connectivity index (χ2n) is 7.22. The average molecular weight is 505 g/mol. The van der Waals surface area contributed by atoms with Gasteiger partial charge in [0, 0.05) is 37.1 Å². The molecule has 2 aromatic heterocycles. The quantitative estimate of drug-likeness (QED) is 0.460. The maximum atomic E-state index is 13.0. The first-order chi connectivity index (χ1) is 16.0. The highest BCUT2D eigenvalue weighted by molar-refractivity contribution is 8.01. The van der Waals surface area contributed by atoms with Gasteiger partial charge in [-0.15, -0.1) is 22.0 Å². The second kappa shape index (κ2) is 11.0.